The molecule has 0 atom stereocenters. The first-order valence-corrected chi connectivity index (χ1v) is 7.04. The maximum Gasteiger partial charge on any atom is 0.149 e. The summed E-state index contributed by atoms with van der Waals surface area (Å²) in [6, 6.07) is 0. The predicted molar refractivity (Wildman–Crippen MR) is 66.4 cm³/mol. The van der Waals surface area contributed by atoms with Gasteiger partial charge in [0, 0.05) is 12.5 Å². The highest BCUT2D eigenvalue weighted by molar-refractivity contribution is 5.83. The quantitative estimate of drug-likeness (QED) is 0.661. The fourth-order valence-corrected chi connectivity index (χ4v) is 2.81. The molecule has 92 valence electrons. The molecule has 2 nitrogen and oxygen atoms in total. The molecule has 0 aliphatic heterocycles. The second kappa shape index (κ2) is 5.81. The Hall–Kier alpha value is -0.370. The van der Waals surface area contributed by atoms with Gasteiger partial charge < -0.3 is 0 Å². The molecule has 2 heteroatoms. The van der Waals surface area contributed by atoms with Crippen molar-refractivity contribution in [2.45, 2.75) is 51.9 Å². The van der Waals surface area contributed by atoms with Crippen LogP contribution < -0.4 is 0 Å². The average molecular weight is 223 g/mol. The highest BCUT2D eigenvalue weighted by Crippen LogP contribution is 2.30. The number of ketones is 1. The SMILES string of the molecule is CCCN(CC(=O)C1CCCC1)CC1CC1. The summed E-state index contributed by atoms with van der Waals surface area (Å²) < 4.78 is 0. The first-order valence-electron chi connectivity index (χ1n) is 7.04. The maximum absolute atomic E-state index is 12.1. The zero-order valence-electron chi connectivity index (χ0n) is 10.6. The molecule has 0 amide bonds. The Kier molecular flexibility index (Phi) is 4.39. The molecular formula is C14H25NO. The molecule has 0 aromatic heterocycles. The van der Waals surface area contributed by atoms with E-state index in [9.17, 15) is 4.79 Å². The van der Waals surface area contributed by atoms with Crippen LogP contribution in [0.3, 0.4) is 0 Å². The standard InChI is InChI=1S/C14H25NO/c1-2-9-15(10-12-7-8-12)11-14(16)13-5-3-4-6-13/h12-13H,2-11H2,1H3. The van der Waals surface area contributed by atoms with Crippen molar-refractivity contribution in [2.75, 3.05) is 19.6 Å². The molecular weight excluding hydrogens is 198 g/mol. The maximum atomic E-state index is 12.1. The third-order valence-electron chi connectivity index (χ3n) is 3.94. The van der Waals surface area contributed by atoms with Crippen LogP contribution in [0.5, 0.6) is 0 Å². The first-order chi connectivity index (χ1) is 7.79. The molecule has 0 radical (unpaired) electrons. The normalized spacial score (nSPS) is 21.9. The fourth-order valence-electron chi connectivity index (χ4n) is 2.81. The van der Waals surface area contributed by atoms with Crippen molar-refractivity contribution in [3.63, 3.8) is 0 Å². The zero-order valence-corrected chi connectivity index (χ0v) is 10.6. The number of nitrogens with zero attached hydrogens (tertiary/aromatic N) is 1. The van der Waals surface area contributed by atoms with E-state index in [1.807, 2.05) is 0 Å². The number of rotatable bonds is 7. The third kappa shape index (κ3) is 3.58. The van der Waals surface area contributed by atoms with Gasteiger partial charge >= 0.3 is 0 Å². The summed E-state index contributed by atoms with van der Waals surface area (Å²) in [6.07, 6.45) is 8.80. The van der Waals surface area contributed by atoms with Crippen LogP contribution in [0.15, 0.2) is 0 Å². The van der Waals surface area contributed by atoms with Gasteiger partial charge in [-0.2, -0.15) is 0 Å². The Bertz CT molecular complexity index is 229. The van der Waals surface area contributed by atoms with Crippen LogP contribution in [0.4, 0.5) is 0 Å². The van der Waals surface area contributed by atoms with Crippen LogP contribution in [-0.2, 0) is 4.79 Å². The van der Waals surface area contributed by atoms with E-state index in [-0.39, 0.29) is 0 Å². The Morgan fingerprint density at radius 3 is 2.44 bits per heavy atom. The zero-order chi connectivity index (χ0) is 11.4. The molecule has 2 fully saturated rings. The van der Waals surface area contributed by atoms with E-state index in [0.29, 0.717) is 11.7 Å². The molecule has 0 aromatic carbocycles. The molecule has 0 unspecified atom stereocenters. The summed E-state index contributed by atoms with van der Waals surface area (Å²) in [6.45, 7) is 5.22. The van der Waals surface area contributed by atoms with Gasteiger partial charge in [-0.15, -0.1) is 0 Å². The van der Waals surface area contributed by atoms with E-state index < -0.39 is 0 Å². The van der Waals surface area contributed by atoms with Crippen molar-refractivity contribution < 1.29 is 4.79 Å². The van der Waals surface area contributed by atoms with Crippen LogP contribution >= 0.6 is 0 Å². The van der Waals surface area contributed by atoms with E-state index >= 15 is 0 Å². The molecule has 0 saturated heterocycles. The predicted octanol–water partition coefficient (Wildman–Crippen LogP) is 2.87. The highest BCUT2D eigenvalue weighted by Gasteiger charge is 2.27. The number of carbonyl (C=O) groups is 1. The lowest BCUT2D eigenvalue weighted by Crippen LogP contribution is -2.34. The minimum Gasteiger partial charge on any atom is -0.298 e. The third-order valence-corrected chi connectivity index (χ3v) is 3.94. The lowest BCUT2D eigenvalue weighted by molar-refractivity contribution is -0.123. The molecule has 0 spiro atoms. The minimum absolute atomic E-state index is 0.401. The van der Waals surface area contributed by atoms with Gasteiger partial charge in [0.2, 0.25) is 0 Å². The van der Waals surface area contributed by atoms with Crippen molar-refractivity contribution in [2.24, 2.45) is 11.8 Å². The second-order valence-corrected chi connectivity index (χ2v) is 5.63. The molecule has 0 N–H and O–H groups in total. The van der Waals surface area contributed by atoms with Crippen LogP contribution in [-0.4, -0.2) is 30.3 Å². The summed E-state index contributed by atoms with van der Waals surface area (Å²) in [5.74, 6) is 1.83. The summed E-state index contributed by atoms with van der Waals surface area (Å²) in [4.78, 5) is 14.5. The van der Waals surface area contributed by atoms with Gasteiger partial charge in [0.05, 0.1) is 6.54 Å². The Morgan fingerprint density at radius 2 is 1.88 bits per heavy atom. The van der Waals surface area contributed by atoms with Crippen molar-refractivity contribution in [1.82, 2.24) is 4.90 Å². The number of hydrogen-bond donors (Lipinski definition) is 0. The summed E-state index contributed by atoms with van der Waals surface area (Å²) in [5.41, 5.74) is 0. The van der Waals surface area contributed by atoms with Gasteiger partial charge in [0.25, 0.3) is 0 Å². The molecule has 2 rings (SSSR count). The summed E-state index contributed by atoms with van der Waals surface area (Å²) in [7, 11) is 0. The van der Waals surface area contributed by atoms with Crippen molar-refractivity contribution in [3.8, 4) is 0 Å². The second-order valence-electron chi connectivity index (χ2n) is 5.63. The molecule has 0 aromatic rings. The largest absolute Gasteiger partial charge is 0.298 e. The Labute approximate surface area is 99.4 Å². The van der Waals surface area contributed by atoms with Crippen molar-refractivity contribution in [3.05, 3.63) is 0 Å². The van der Waals surface area contributed by atoms with Crippen LogP contribution in [0.2, 0.25) is 0 Å². The average Bonchev–Trinajstić information content (AvgIpc) is 2.91. The molecule has 2 saturated carbocycles. The monoisotopic (exact) mass is 223 g/mol. The van der Waals surface area contributed by atoms with Gasteiger partial charge in [-0.3, -0.25) is 9.69 Å². The highest BCUT2D eigenvalue weighted by atomic mass is 16.1. The molecule has 16 heavy (non-hydrogen) atoms. The molecule has 0 bridgehead atoms. The Morgan fingerprint density at radius 1 is 1.19 bits per heavy atom. The number of carbonyl (C=O) groups excluding carboxylic acids is 1. The van der Waals surface area contributed by atoms with E-state index in [1.165, 1.54) is 38.6 Å². The first kappa shape index (κ1) is 12.1. The van der Waals surface area contributed by atoms with Crippen LogP contribution in [0.25, 0.3) is 0 Å². The van der Waals surface area contributed by atoms with Gasteiger partial charge in [-0.1, -0.05) is 19.8 Å². The van der Waals surface area contributed by atoms with Gasteiger partial charge in [0.15, 0.2) is 0 Å². The number of Topliss-reactive ketones (excluding diaryl/α,β-unsaturated/α-hetero) is 1. The number of hydrogen-bond acceptors (Lipinski definition) is 2. The van der Waals surface area contributed by atoms with E-state index in [4.69, 9.17) is 0 Å². The Balaban J connectivity index is 1.75. The molecule has 0 heterocycles. The van der Waals surface area contributed by atoms with Crippen LogP contribution in [0.1, 0.15) is 51.9 Å². The van der Waals surface area contributed by atoms with Crippen LogP contribution in [0, 0.1) is 11.8 Å². The smallest absolute Gasteiger partial charge is 0.149 e. The minimum atomic E-state index is 0.401. The molecule has 2 aliphatic rings. The summed E-state index contributed by atoms with van der Waals surface area (Å²) in [5, 5.41) is 0. The topological polar surface area (TPSA) is 20.3 Å². The molecule has 2 aliphatic carbocycles. The lowest BCUT2D eigenvalue weighted by Gasteiger charge is -2.22. The van der Waals surface area contributed by atoms with Crippen molar-refractivity contribution >= 4 is 5.78 Å². The van der Waals surface area contributed by atoms with E-state index in [0.717, 1.165) is 31.8 Å². The summed E-state index contributed by atoms with van der Waals surface area (Å²) >= 11 is 0. The lowest BCUT2D eigenvalue weighted by atomic mass is 10.0. The van der Waals surface area contributed by atoms with Crippen molar-refractivity contribution in [1.29, 1.82) is 0 Å². The van der Waals surface area contributed by atoms with Gasteiger partial charge in [-0.05, 0) is 44.6 Å². The van der Waals surface area contributed by atoms with Gasteiger partial charge in [-0.25, -0.2) is 0 Å². The van der Waals surface area contributed by atoms with E-state index in [1.54, 1.807) is 0 Å². The fraction of sp³-hybridized carbons (Fsp3) is 0.929. The van der Waals surface area contributed by atoms with E-state index in [2.05, 4.69) is 11.8 Å². The van der Waals surface area contributed by atoms with Gasteiger partial charge in [0.1, 0.15) is 5.78 Å².